The highest BCUT2D eigenvalue weighted by molar-refractivity contribution is 9.10. The van der Waals surface area contributed by atoms with Crippen LogP contribution in [0.4, 0.5) is 0 Å². The Bertz CT molecular complexity index is 639. The summed E-state index contributed by atoms with van der Waals surface area (Å²) in [5, 5.41) is 0. The van der Waals surface area contributed by atoms with Gasteiger partial charge in [-0.05, 0) is 80.1 Å². The van der Waals surface area contributed by atoms with Crippen molar-refractivity contribution in [3.8, 4) is 5.75 Å². The van der Waals surface area contributed by atoms with E-state index in [1.807, 2.05) is 24.5 Å². The Kier molecular flexibility index (Phi) is 6.27. The number of hydrogen-bond acceptors (Lipinski definition) is 3. The highest BCUT2D eigenvalue weighted by atomic mass is 79.9. The molecule has 1 fully saturated rings. The maximum Gasteiger partial charge on any atom is 0.119 e. The Hall–Kier alpha value is -1.39. The summed E-state index contributed by atoms with van der Waals surface area (Å²) in [6.07, 6.45) is 8.60. The van der Waals surface area contributed by atoms with Gasteiger partial charge in [0.2, 0.25) is 0 Å². The summed E-state index contributed by atoms with van der Waals surface area (Å²) in [6.45, 7) is 3.54. The van der Waals surface area contributed by atoms with Crippen molar-refractivity contribution >= 4 is 15.9 Å². The van der Waals surface area contributed by atoms with Gasteiger partial charge in [-0.1, -0.05) is 22.0 Å². The Balaban J connectivity index is 1.47. The molecule has 0 saturated carbocycles. The molecule has 1 aromatic carbocycles. The molecule has 0 bridgehead atoms. The molecular formula is C20H25BrN2O. The van der Waals surface area contributed by atoms with E-state index in [1.165, 1.54) is 41.5 Å². The molecular weight excluding hydrogens is 364 g/mol. The van der Waals surface area contributed by atoms with Gasteiger partial charge in [0.1, 0.15) is 5.75 Å². The van der Waals surface area contributed by atoms with Gasteiger partial charge in [-0.3, -0.25) is 4.98 Å². The Morgan fingerprint density at radius 1 is 1.25 bits per heavy atom. The van der Waals surface area contributed by atoms with Crippen LogP contribution in [0.15, 0.2) is 47.2 Å². The van der Waals surface area contributed by atoms with Crippen molar-refractivity contribution in [2.75, 3.05) is 26.7 Å². The number of benzene rings is 1. The van der Waals surface area contributed by atoms with Crippen molar-refractivity contribution in [2.24, 2.45) is 5.92 Å². The third kappa shape index (κ3) is 4.81. The lowest BCUT2D eigenvalue weighted by Gasteiger charge is -2.32. The van der Waals surface area contributed by atoms with E-state index in [2.05, 4.69) is 44.0 Å². The van der Waals surface area contributed by atoms with Gasteiger partial charge < -0.3 is 9.64 Å². The van der Waals surface area contributed by atoms with Crippen molar-refractivity contribution < 1.29 is 4.74 Å². The normalized spacial score (nSPS) is 16.2. The lowest BCUT2D eigenvalue weighted by atomic mass is 9.90. The molecule has 0 N–H and O–H groups in total. The van der Waals surface area contributed by atoms with E-state index in [1.54, 1.807) is 7.11 Å². The molecule has 3 rings (SSSR count). The third-order valence-corrected chi connectivity index (χ3v) is 5.68. The SMILES string of the molecule is COc1ccc(Br)c(CC2CCN(CCc3cccnc3)CC2)c1. The molecule has 0 spiro atoms. The molecule has 128 valence electrons. The summed E-state index contributed by atoms with van der Waals surface area (Å²) in [4.78, 5) is 6.78. The largest absolute Gasteiger partial charge is 0.497 e. The highest BCUT2D eigenvalue weighted by Gasteiger charge is 2.20. The van der Waals surface area contributed by atoms with Crippen LogP contribution in [-0.2, 0) is 12.8 Å². The van der Waals surface area contributed by atoms with Crippen molar-refractivity contribution in [3.05, 3.63) is 58.3 Å². The lowest BCUT2D eigenvalue weighted by Crippen LogP contribution is -2.35. The Morgan fingerprint density at radius 3 is 2.79 bits per heavy atom. The average Bonchev–Trinajstić information content (AvgIpc) is 2.64. The van der Waals surface area contributed by atoms with E-state index in [9.17, 15) is 0 Å². The molecule has 3 nitrogen and oxygen atoms in total. The highest BCUT2D eigenvalue weighted by Crippen LogP contribution is 2.28. The predicted octanol–water partition coefficient (Wildman–Crippen LogP) is 4.35. The first kappa shape index (κ1) is 17.4. The summed E-state index contributed by atoms with van der Waals surface area (Å²) in [5.41, 5.74) is 2.70. The smallest absolute Gasteiger partial charge is 0.119 e. The molecule has 1 saturated heterocycles. The molecule has 0 aliphatic carbocycles. The van der Waals surface area contributed by atoms with Crippen molar-refractivity contribution in [1.82, 2.24) is 9.88 Å². The molecule has 2 aromatic rings. The second kappa shape index (κ2) is 8.63. The van der Waals surface area contributed by atoms with Gasteiger partial charge in [-0.25, -0.2) is 0 Å². The molecule has 24 heavy (non-hydrogen) atoms. The number of nitrogens with zero attached hydrogens (tertiary/aromatic N) is 2. The number of halogens is 1. The minimum absolute atomic E-state index is 0.767. The number of aromatic nitrogens is 1. The predicted molar refractivity (Wildman–Crippen MR) is 102 cm³/mol. The quantitative estimate of drug-likeness (QED) is 0.735. The number of piperidine rings is 1. The fourth-order valence-electron chi connectivity index (χ4n) is 3.39. The number of rotatable bonds is 6. The van der Waals surface area contributed by atoms with E-state index in [4.69, 9.17) is 4.74 Å². The van der Waals surface area contributed by atoms with Crippen LogP contribution in [0.25, 0.3) is 0 Å². The number of likely N-dealkylation sites (tertiary alicyclic amines) is 1. The van der Waals surface area contributed by atoms with Crippen LogP contribution in [-0.4, -0.2) is 36.6 Å². The van der Waals surface area contributed by atoms with E-state index >= 15 is 0 Å². The zero-order valence-corrected chi connectivity index (χ0v) is 15.8. The van der Waals surface area contributed by atoms with Crippen LogP contribution in [0.2, 0.25) is 0 Å². The maximum atomic E-state index is 5.36. The molecule has 1 aromatic heterocycles. The number of hydrogen-bond donors (Lipinski definition) is 0. The average molecular weight is 389 g/mol. The molecule has 2 heterocycles. The lowest BCUT2D eigenvalue weighted by molar-refractivity contribution is 0.185. The van der Waals surface area contributed by atoms with Gasteiger partial charge in [0.05, 0.1) is 7.11 Å². The van der Waals surface area contributed by atoms with Crippen LogP contribution in [0.5, 0.6) is 5.75 Å². The van der Waals surface area contributed by atoms with Crippen LogP contribution in [0, 0.1) is 5.92 Å². The van der Waals surface area contributed by atoms with E-state index < -0.39 is 0 Å². The van der Waals surface area contributed by atoms with E-state index in [0.29, 0.717) is 0 Å². The summed E-state index contributed by atoms with van der Waals surface area (Å²) < 4.78 is 6.55. The maximum absolute atomic E-state index is 5.36. The zero-order chi connectivity index (χ0) is 16.8. The summed E-state index contributed by atoms with van der Waals surface area (Å²) >= 11 is 3.68. The van der Waals surface area contributed by atoms with Crippen molar-refractivity contribution in [2.45, 2.75) is 25.7 Å². The molecule has 1 aliphatic rings. The molecule has 0 atom stereocenters. The van der Waals surface area contributed by atoms with Crippen LogP contribution in [0.1, 0.15) is 24.0 Å². The van der Waals surface area contributed by atoms with Gasteiger partial charge in [0.25, 0.3) is 0 Å². The number of ether oxygens (including phenoxy) is 1. The number of methoxy groups -OCH3 is 1. The molecule has 4 heteroatoms. The minimum Gasteiger partial charge on any atom is -0.497 e. The third-order valence-electron chi connectivity index (χ3n) is 4.91. The van der Waals surface area contributed by atoms with Gasteiger partial charge in [0.15, 0.2) is 0 Å². The molecule has 0 radical (unpaired) electrons. The Morgan fingerprint density at radius 2 is 2.08 bits per heavy atom. The summed E-state index contributed by atoms with van der Waals surface area (Å²) in [7, 11) is 1.73. The van der Waals surface area contributed by atoms with E-state index in [0.717, 1.165) is 31.1 Å². The zero-order valence-electron chi connectivity index (χ0n) is 14.2. The van der Waals surface area contributed by atoms with Crippen LogP contribution >= 0.6 is 15.9 Å². The fourth-order valence-corrected chi connectivity index (χ4v) is 3.80. The number of pyridine rings is 1. The van der Waals surface area contributed by atoms with Gasteiger partial charge in [-0.2, -0.15) is 0 Å². The topological polar surface area (TPSA) is 25.4 Å². The fraction of sp³-hybridized carbons (Fsp3) is 0.450. The first-order chi connectivity index (χ1) is 11.7. The van der Waals surface area contributed by atoms with Crippen molar-refractivity contribution in [1.29, 1.82) is 0 Å². The Labute approximate surface area is 153 Å². The second-order valence-electron chi connectivity index (χ2n) is 6.56. The van der Waals surface area contributed by atoms with Crippen molar-refractivity contribution in [3.63, 3.8) is 0 Å². The van der Waals surface area contributed by atoms with Gasteiger partial charge in [0, 0.05) is 23.4 Å². The molecule has 0 amide bonds. The summed E-state index contributed by atoms with van der Waals surface area (Å²) in [6, 6.07) is 10.5. The minimum atomic E-state index is 0.767. The van der Waals surface area contributed by atoms with Crippen LogP contribution < -0.4 is 4.74 Å². The molecule has 0 unspecified atom stereocenters. The van der Waals surface area contributed by atoms with Gasteiger partial charge in [-0.15, -0.1) is 0 Å². The standard InChI is InChI=1S/C20H25BrN2O/c1-24-19-4-5-20(21)18(14-19)13-16-6-10-23(11-7-16)12-8-17-3-2-9-22-15-17/h2-5,9,14-16H,6-8,10-13H2,1H3. The first-order valence-corrected chi connectivity index (χ1v) is 9.47. The van der Waals surface area contributed by atoms with Crippen LogP contribution in [0.3, 0.4) is 0 Å². The first-order valence-electron chi connectivity index (χ1n) is 8.68. The molecule has 1 aliphatic heterocycles. The summed E-state index contributed by atoms with van der Waals surface area (Å²) in [5.74, 6) is 1.71. The van der Waals surface area contributed by atoms with Gasteiger partial charge >= 0.3 is 0 Å². The second-order valence-corrected chi connectivity index (χ2v) is 7.41. The monoisotopic (exact) mass is 388 g/mol. The van der Waals surface area contributed by atoms with E-state index in [-0.39, 0.29) is 0 Å².